The van der Waals surface area contributed by atoms with Crippen LogP contribution in [0.2, 0.25) is 0 Å². The van der Waals surface area contributed by atoms with Gasteiger partial charge in [-0.2, -0.15) is 0 Å². The number of amides is 2. The minimum absolute atomic E-state index is 0. The van der Waals surface area contributed by atoms with Crippen molar-refractivity contribution in [2.24, 2.45) is 0 Å². The SMILES string of the molecule is CCCCCCCCC=CCCCCCCCC(=O)[N+](C)(C)C(=O)CCCCCCCC=CCCCCCCCC.[Cl-]. The second-order valence-electron chi connectivity index (χ2n) is 12.9. The van der Waals surface area contributed by atoms with E-state index in [2.05, 4.69) is 38.2 Å². The Balaban J connectivity index is 0. The van der Waals surface area contributed by atoms with Gasteiger partial charge in [-0.05, 0) is 64.2 Å². The van der Waals surface area contributed by atoms with E-state index in [4.69, 9.17) is 0 Å². The zero-order valence-electron chi connectivity index (χ0n) is 28.8. The smallest absolute Gasteiger partial charge is 0.320 e. The lowest BCUT2D eigenvalue weighted by Crippen LogP contribution is -3.00. The van der Waals surface area contributed by atoms with Gasteiger partial charge in [-0.3, -0.25) is 0 Å². The molecule has 2 amide bonds. The summed E-state index contributed by atoms with van der Waals surface area (Å²) in [6.45, 7) is 4.54. The molecule has 0 aliphatic rings. The van der Waals surface area contributed by atoms with Gasteiger partial charge in [0.25, 0.3) is 0 Å². The first-order valence-electron chi connectivity index (χ1n) is 18.2. The largest absolute Gasteiger partial charge is 1.00 e. The van der Waals surface area contributed by atoms with Crippen molar-refractivity contribution in [2.75, 3.05) is 14.1 Å². The van der Waals surface area contributed by atoms with Gasteiger partial charge in [0.05, 0.1) is 26.9 Å². The first-order chi connectivity index (χ1) is 20.0. The second kappa shape index (κ2) is 33.0. The molecule has 0 spiro atoms. The van der Waals surface area contributed by atoms with Crippen molar-refractivity contribution in [3.63, 3.8) is 0 Å². The van der Waals surface area contributed by atoms with E-state index in [1.54, 1.807) is 14.1 Å². The Morgan fingerprint density at radius 2 is 0.643 bits per heavy atom. The van der Waals surface area contributed by atoms with Gasteiger partial charge >= 0.3 is 11.8 Å². The zero-order chi connectivity index (χ0) is 30.3. The van der Waals surface area contributed by atoms with Crippen LogP contribution in [0.5, 0.6) is 0 Å². The fourth-order valence-electron chi connectivity index (χ4n) is 5.39. The maximum absolute atomic E-state index is 12.7. The molecule has 0 atom stereocenters. The average Bonchev–Trinajstić information content (AvgIpc) is 2.96. The van der Waals surface area contributed by atoms with E-state index < -0.39 is 0 Å². The summed E-state index contributed by atoms with van der Waals surface area (Å²) in [5, 5.41) is 0. The number of halogens is 1. The fourth-order valence-corrected chi connectivity index (χ4v) is 5.39. The van der Waals surface area contributed by atoms with Crippen LogP contribution in [0.4, 0.5) is 0 Å². The Kier molecular flexibility index (Phi) is 33.9. The zero-order valence-corrected chi connectivity index (χ0v) is 29.5. The molecular weight excluding hydrogens is 538 g/mol. The topological polar surface area (TPSA) is 34.1 Å². The lowest BCUT2D eigenvalue weighted by atomic mass is 10.1. The molecule has 0 aliphatic heterocycles. The van der Waals surface area contributed by atoms with Crippen LogP contribution in [0.1, 0.15) is 194 Å². The van der Waals surface area contributed by atoms with Crippen LogP contribution < -0.4 is 12.4 Å². The Labute approximate surface area is 269 Å². The van der Waals surface area contributed by atoms with Crippen LogP contribution in [0.3, 0.4) is 0 Å². The summed E-state index contributed by atoms with van der Waals surface area (Å²) in [4.78, 5) is 25.5. The van der Waals surface area contributed by atoms with E-state index in [9.17, 15) is 9.59 Å². The van der Waals surface area contributed by atoms with Crippen molar-refractivity contribution in [3.8, 4) is 0 Å². The van der Waals surface area contributed by atoms with Crippen molar-refractivity contribution >= 4 is 11.8 Å². The van der Waals surface area contributed by atoms with Gasteiger partial charge in [0.2, 0.25) is 0 Å². The maximum Gasteiger partial charge on any atom is 0.320 e. The normalized spacial score (nSPS) is 11.9. The highest BCUT2D eigenvalue weighted by Crippen LogP contribution is 2.15. The van der Waals surface area contributed by atoms with Crippen LogP contribution >= 0.6 is 0 Å². The molecule has 4 heteroatoms. The van der Waals surface area contributed by atoms with Crippen LogP contribution in [0, 0.1) is 0 Å². The molecule has 0 radical (unpaired) electrons. The third-order valence-electron chi connectivity index (χ3n) is 8.55. The van der Waals surface area contributed by atoms with E-state index in [1.807, 2.05) is 0 Å². The highest BCUT2D eigenvalue weighted by molar-refractivity contribution is 5.84. The third kappa shape index (κ3) is 27.9. The first-order valence-corrected chi connectivity index (χ1v) is 18.2. The minimum atomic E-state index is -0.0766. The van der Waals surface area contributed by atoms with Crippen LogP contribution in [0.15, 0.2) is 24.3 Å². The summed E-state index contributed by atoms with van der Waals surface area (Å²) in [5.41, 5.74) is 0. The van der Waals surface area contributed by atoms with E-state index >= 15 is 0 Å². The van der Waals surface area contributed by atoms with Gasteiger partial charge in [-0.15, -0.1) is 0 Å². The summed E-state index contributed by atoms with van der Waals surface area (Å²) in [7, 11) is 3.58. The van der Waals surface area contributed by atoms with Gasteiger partial charge in [-0.25, -0.2) is 14.1 Å². The average molecular weight is 610 g/mol. The molecular formula is C38H72ClNO2. The Hall–Kier alpha value is -0.930. The summed E-state index contributed by atoms with van der Waals surface area (Å²) >= 11 is 0. The van der Waals surface area contributed by atoms with Gasteiger partial charge in [0, 0.05) is 0 Å². The monoisotopic (exact) mass is 610 g/mol. The van der Waals surface area contributed by atoms with Crippen molar-refractivity contribution in [1.82, 2.24) is 0 Å². The standard InChI is InChI=1S/C38H72NO2.ClH/c1-5-7-9-11-13-15-17-19-21-23-25-27-29-31-33-35-37(40)39(3,4)38(41)36-34-32-30-28-26-24-22-20-18-16-14-12-10-8-6-2;/h19-22H,5-18,23-36H2,1-4H3;1H/q+1;/p-1. The Morgan fingerprint density at radius 3 is 0.929 bits per heavy atom. The number of hydrogen-bond donors (Lipinski definition) is 0. The van der Waals surface area contributed by atoms with Crippen LogP contribution in [-0.4, -0.2) is 30.4 Å². The van der Waals surface area contributed by atoms with E-state index in [0.717, 1.165) is 25.7 Å². The molecule has 0 aliphatic carbocycles. The van der Waals surface area contributed by atoms with E-state index in [0.29, 0.717) is 12.8 Å². The number of hydrogen-bond acceptors (Lipinski definition) is 2. The predicted octanol–water partition coefficient (Wildman–Crippen LogP) is 9.20. The molecule has 248 valence electrons. The summed E-state index contributed by atoms with van der Waals surface area (Å²) in [6.07, 6.45) is 43.1. The molecule has 0 N–H and O–H groups in total. The quantitative estimate of drug-likeness (QED) is 0.0462. The van der Waals surface area contributed by atoms with Gasteiger partial charge < -0.3 is 12.4 Å². The molecule has 0 unspecified atom stereocenters. The molecule has 0 saturated carbocycles. The molecule has 0 aromatic carbocycles. The number of unbranched alkanes of at least 4 members (excludes halogenated alkanes) is 22. The number of allylic oxidation sites excluding steroid dienone is 4. The summed E-state index contributed by atoms with van der Waals surface area (Å²) in [5.74, 6) is 0.167. The number of rotatable bonds is 30. The minimum Gasteiger partial charge on any atom is -1.00 e. The summed E-state index contributed by atoms with van der Waals surface area (Å²) in [6, 6.07) is 0. The molecule has 42 heavy (non-hydrogen) atoms. The molecule has 3 nitrogen and oxygen atoms in total. The third-order valence-corrected chi connectivity index (χ3v) is 8.55. The maximum atomic E-state index is 12.7. The van der Waals surface area contributed by atoms with Crippen molar-refractivity contribution in [3.05, 3.63) is 24.3 Å². The molecule has 0 aromatic rings. The van der Waals surface area contributed by atoms with E-state index in [-0.39, 0.29) is 28.7 Å². The number of imide groups is 1. The Morgan fingerprint density at radius 1 is 0.405 bits per heavy atom. The number of carbonyl (C=O) groups is 2. The molecule has 0 heterocycles. The number of nitrogens with zero attached hydrogens (tertiary/aromatic N) is 1. The molecule has 0 aromatic heterocycles. The van der Waals surface area contributed by atoms with Crippen molar-refractivity contribution < 1.29 is 26.5 Å². The van der Waals surface area contributed by atoms with Crippen molar-refractivity contribution in [1.29, 1.82) is 0 Å². The van der Waals surface area contributed by atoms with Crippen LogP contribution in [-0.2, 0) is 9.59 Å². The Bertz CT molecular complexity index is 601. The highest BCUT2D eigenvalue weighted by atomic mass is 35.5. The number of quaternary nitrogens is 1. The summed E-state index contributed by atoms with van der Waals surface area (Å²) < 4.78 is -0.0766. The van der Waals surface area contributed by atoms with Crippen LogP contribution in [0.25, 0.3) is 0 Å². The first kappa shape index (κ1) is 43.2. The molecule has 0 bridgehead atoms. The van der Waals surface area contributed by atoms with Gasteiger partial charge in [0.15, 0.2) is 0 Å². The molecule has 0 rings (SSSR count). The van der Waals surface area contributed by atoms with Gasteiger partial charge in [0.1, 0.15) is 0 Å². The van der Waals surface area contributed by atoms with Gasteiger partial charge in [-0.1, -0.05) is 141 Å². The number of carbonyl (C=O) groups excluding carboxylic acids is 2. The highest BCUT2D eigenvalue weighted by Gasteiger charge is 2.33. The predicted molar refractivity (Wildman–Crippen MR) is 181 cm³/mol. The molecule has 0 saturated heterocycles. The lowest BCUT2D eigenvalue weighted by Gasteiger charge is -2.24. The van der Waals surface area contributed by atoms with Crippen molar-refractivity contribution in [2.45, 2.75) is 194 Å². The fraction of sp³-hybridized carbons (Fsp3) is 0.842. The second-order valence-corrected chi connectivity index (χ2v) is 12.9. The van der Waals surface area contributed by atoms with E-state index in [1.165, 1.54) is 141 Å². The molecule has 0 fully saturated rings. The lowest BCUT2D eigenvalue weighted by molar-refractivity contribution is -0.736.